The van der Waals surface area contributed by atoms with Gasteiger partial charge >= 0.3 is 5.97 Å². The number of nitrogens with zero attached hydrogens (tertiary/aromatic N) is 3. The molecule has 0 aliphatic carbocycles. The van der Waals surface area contributed by atoms with E-state index in [0.29, 0.717) is 23.8 Å². The maximum absolute atomic E-state index is 11.9. The minimum absolute atomic E-state index is 0.0368. The van der Waals surface area contributed by atoms with Crippen molar-refractivity contribution in [3.63, 3.8) is 0 Å². The van der Waals surface area contributed by atoms with Crippen LogP contribution in [0.5, 0.6) is 0 Å². The summed E-state index contributed by atoms with van der Waals surface area (Å²) in [7, 11) is 0. The third kappa shape index (κ3) is 3.34. The molecule has 1 N–H and O–H groups in total. The number of hydrogen-bond donors (Lipinski definition) is 1. The molecule has 6 nitrogen and oxygen atoms in total. The van der Waals surface area contributed by atoms with Crippen LogP contribution >= 0.6 is 11.6 Å². The van der Waals surface area contributed by atoms with Crippen LogP contribution in [0.3, 0.4) is 0 Å². The first-order valence-corrected chi connectivity index (χ1v) is 9.67. The lowest BCUT2D eigenvalue weighted by Crippen LogP contribution is -2.36. The summed E-state index contributed by atoms with van der Waals surface area (Å²) in [5.41, 5.74) is 3.47. The number of benzene rings is 2. The van der Waals surface area contributed by atoms with E-state index in [1.54, 1.807) is 6.07 Å². The molecular formula is C21H22ClN3O3. The Hall–Kier alpha value is -2.57. The maximum Gasteiger partial charge on any atom is 0.338 e. The smallest absolute Gasteiger partial charge is 0.338 e. The minimum Gasteiger partial charge on any atom is -0.478 e. The molecule has 1 aliphatic heterocycles. The van der Waals surface area contributed by atoms with Crippen molar-refractivity contribution >= 4 is 34.3 Å². The Kier molecular flexibility index (Phi) is 5.00. The van der Waals surface area contributed by atoms with E-state index in [1.807, 2.05) is 37.3 Å². The molecule has 1 atom stereocenters. The van der Waals surface area contributed by atoms with E-state index in [-0.39, 0.29) is 11.6 Å². The van der Waals surface area contributed by atoms with E-state index in [0.717, 1.165) is 35.7 Å². The molecule has 4 rings (SSSR count). The van der Waals surface area contributed by atoms with Crippen LogP contribution in [0.2, 0.25) is 5.02 Å². The van der Waals surface area contributed by atoms with Crippen LogP contribution in [0.1, 0.15) is 34.7 Å². The molecule has 2 aromatic carbocycles. The van der Waals surface area contributed by atoms with Gasteiger partial charge in [-0.3, -0.25) is 0 Å². The Balaban J connectivity index is 1.90. The topological polar surface area (TPSA) is 67.6 Å². The lowest BCUT2D eigenvalue weighted by molar-refractivity contribution is 0.0699. The first-order chi connectivity index (χ1) is 13.5. The molecule has 7 heteroatoms. The second-order valence-corrected chi connectivity index (χ2v) is 7.46. The zero-order chi connectivity index (χ0) is 19.8. The predicted molar refractivity (Wildman–Crippen MR) is 110 cm³/mol. The SMILES string of the molecule is Cc1nc2c(C(=O)O)cc(N3CCOCC3)cc2n1C(C)c1cccc(Cl)c1. The van der Waals surface area contributed by atoms with Crippen LogP contribution in [0.25, 0.3) is 11.0 Å². The van der Waals surface area contributed by atoms with E-state index in [9.17, 15) is 9.90 Å². The van der Waals surface area contributed by atoms with Gasteiger partial charge in [0.15, 0.2) is 0 Å². The summed E-state index contributed by atoms with van der Waals surface area (Å²) in [6.07, 6.45) is 0. The monoisotopic (exact) mass is 399 g/mol. The van der Waals surface area contributed by atoms with Gasteiger partial charge in [-0.05, 0) is 43.7 Å². The average molecular weight is 400 g/mol. The van der Waals surface area contributed by atoms with Crippen molar-refractivity contribution in [3.05, 3.63) is 58.4 Å². The van der Waals surface area contributed by atoms with E-state index < -0.39 is 5.97 Å². The largest absolute Gasteiger partial charge is 0.478 e. The Morgan fingerprint density at radius 2 is 2.00 bits per heavy atom. The van der Waals surface area contributed by atoms with Crippen molar-refractivity contribution < 1.29 is 14.6 Å². The molecule has 1 fully saturated rings. The number of carboxylic acids is 1. The lowest BCUT2D eigenvalue weighted by Gasteiger charge is -2.29. The normalized spacial score (nSPS) is 15.8. The molecule has 2 heterocycles. The first-order valence-electron chi connectivity index (χ1n) is 9.29. The number of imidazole rings is 1. The number of morpholine rings is 1. The number of aromatic carboxylic acids is 1. The number of aryl methyl sites for hydroxylation is 1. The number of hydrogen-bond acceptors (Lipinski definition) is 4. The lowest BCUT2D eigenvalue weighted by atomic mass is 10.1. The van der Waals surface area contributed by atoms with Crippen molar-refractivity contribution in [2.45, 2.75) is 19.9 Å². The molecule has 0 bridgehead atoms. The highest BCUT2D eigenvalue weighted by atomic mass is 35.5. The molecule has 28 heavy (non-hydrogen) atoms. The Morgan fingerprint density at radius 3 is 2.68 bits per heavy atom. The number of ether oxygens (including phenoxy) is 1. The highest BCUT2D eigenvalue weighted by Gasteiger charge is 2.23. The summed E-state index contributed by atoms with van der Waals surface area (Å²) in [5, 5.41) is 10.5. The zero-order valence-electron chi connectivity index (χ0n) is 15.9. The summed E-state index contributed by atoms with van der Waals surface area (Å²) in [5.74, 6) is -0.204. The molecule has 0 spiro atoms. The van der Waals surface area contributed by atoms with Gasteiger partial charge in [0.05, 0.1) is 30.3 Å². The van der Waals surface area contributed by atoms with Crippen molar-refractivity contribution in [1.82, 2.24) is 9.55 Å². The van der Waals surface area contributed by atoms with E-state index in [2.05, 4.69) is 21.4 Å². The minimum atomic E-state index is -0.972. The van der Waals surface area contributed by atoms with Gasteiger partial charge in [0.1, 0.15) is 11.3 Å². The van der Waals surface area contributed by atoms with Crippen LogP contribution in [0.15, 0.2) is 36.4 Å². The number of aromatic nitrogens is 2. The van der Waals surface area contributed by atoms with Crippen LogP contribution in [-0.2, 0) is 4.74 Å². The summed E-state index contributed by atoms with van der Waals surface area (Å²) in [6, 6.07) is 11.4. The number of carboxylic acid groups (broad SMARTS) is 1. The van der Waals surface area contributed by atoms with Gasteiger partial charge in [-0.25, -0.2) is 9.78 Å². The first kappa shape index (κ1) is 18.8. The van der Waals surface area contributed by atoms with Crippen LogP contribution in [0, 0.1) is 6.92 Å². The van der Waals surface area contributed by atoms with Gasteiger partial charge in [0, 0.05) is 23.8 Å². The van der Waals surface area contributed by atoms with Crippen molar-refractivity contribution in [2.24, 2.45) is 0 Å². The van der Waals surface area contributed by atoms with Crippen molar-refractivity contribution in [2.75, 3.05) is 31.2 Å². The molecule has 146 valence electrons. The molecule has 0 saturated carbocycles. The fourth-order valence-electron chi connectivity index (χ4n) is 3.87. The summed E-state index contributed by atoms with van der Waals surface area (Å²) >= 11 is 6.18. The number of fused-ring (bicyclic) bond motifs is 1. The Labute approximate surface area is 168 Å². The molecule has 3 aromatic rings. The number of halogens is 1. The third-order valence-corrected chi connectivity index (χ3v) is 5.52. The quantitative estimate of drug-likeness (QED) is 0.714. The fourth-order valence-corrected chi connectivity index (χ4v) is 4.07. The average Bonchev–Trinajstić information content (AvgIpc) is 3.02. The number of rotatable bonds is 4. The summed E-state index contributed by atoms with van der Waals surface area (Å²) in [4.78, 5) is 18.7. The van der Waals surface area contributed by atoms with Gasteiger partial charge < -0.3 is 19.3 Å². The Bertz CT molecular complexity index is 1040. The van der Waals surface area contributed by atoms with Gasteiger partial charge in [-0.15, -0.1) is 0 Å². The molecule has 1 aromatic heterocycles. The van der Waals surface area contributed by atoms with Gasteiger partial charge in [-0.2, -0.15) is 0 Å². The molecule has 0 amide bonds. The molecule has 1 saturated heterocycles. The fraction of sp³-hybridized carbons (Fsp3) is 0.333. The van der Waals surface area contributed by atoms with Crippen molar-refractivity contribution in [3.8, 4) is 0 Å². The van der Waals surface area contributed by atoms with E-state index in [1.165, 1.54) is 0 Å². The van der Waals surface area contributed by atoms with E-state index in [4.69, 9.17) is 16.3 Å². The van der Waals surface area contributed by atoms with E-state index >= 15 is 0 Å². The van der Waals surface area contributed by atoms with Crippen molar-refractivity contribution in [1.29, 1.82) is 0 Å². The molecule has 1 aliphatic rings. The predicted octanol–water partition coefficient (Wildman–Crippen LogP) is 4.14. The van der Waals surface area contributed by atoms with Gasteiger partial charge in [-0.1, -0.05) is 23.7 Å². The Morgan fingerprint density at radius 1 is 1.25 bits per heavy atom. The second kappa shape index (κ2) is 7.45. The zero-order valence-corrected chi connectivity index (χ0v) is 16.6. The summed E-state index contributed by atoms with van der Waals surface area (Å²) < 4.78 is 7.51. The van der Waals surface area contributed by atoms with Gasteiger partial charge in [0.2, 0.25) is 0 Å². The summed E-state index contributed by atoms with van der Waals surface area (Å²) in [6.45, 7) is 6.72. The maximum atomic E-state index is 11.9. The second-order valence-electron chi connectivity index (χ2n) is 7.03. The van der Waals surface area contributed by atoms with Gasteiger partial charge in [0.25, 0.3) is 0 Å². The molecule has 1 unspecified atom stereocenters. The molecule has 0 radical (unpaired) electrons. The highest BCUT2D eigenvalue weighted by molar-refractivity contribution is 6.30. The number of carbonyl (C=O) groups is 1. The molecular weight excluding hydrogens is 378 g/mol. The van der Waals surface area contributed by atoms with Crippen LogP contribution in [0.4, 0.5) is 5.69 Å². The standard InChI is InChI=1S/C21H22ClN3O3/c1-13(15-4-3-5-16(22)10-15)25-14(2)23-20-18(21(26)27)11-17(12-19(20)25)24-6-8-28-9-7-24/h3-5,10-13H,6-9H2,1-2H3,(H,26,27). The van der Waals surface area contributed by atoms with Crippen LogP contribution < -0.4 is 4.90 Å². The third-order valence-electron chi connectivity index (χ3n) is 5.28. The highest BCUT2D eigenvalue weighted by Crippen LogP contribution is 2.32. The van der Waals surface area contributed by atoms with Crippen LogP contribution in [-0.4, -0.2) is 46.9 Å². The number of anilines is 1.